The molecule has 0 fully saturated rings. The minimum Gasteiger partial charge on any atom is -0.494 e. The molecular formula is C17H20N2O4. The maximum absolute atomic E-state index is 12.1. The molecule has 0 saturated carbocycles. The van der Waals surface area contributed by atoms with E-state index in [1.807, 2.05) is 13.8 Å². The molecule has 1 aromatic carbocycles. The highest BCUT2D eigenvalue weighted by Gasteiger charge is 2.15. The van der Waals surface area contributed by atoms with Crippen molar-refractivity contribution in [2.45, 2.75) is 33.2 Å². The van der Waals surface area contributed by atoms with Crippen molar-refractivity contribution in [1.29, 1.82) is 0 Å². The van der Waals surface area contributed by atoms with Gasteiger partial charge in [-0.15, -0.1) is 0 Å². The molecule has 1 N–H and O–H groups in total. The Bertz CT molecular complexity index is 735. The highest BCUT2D eigenvalue weighted by molar-refractivity contribution is 5.88. The molecule has 0 unspecified atom stereocenters. The molecule has 2 rings (SSSR count). The summed E-state index contributed by atoms with van der Waals surface area (Å²) in [6.07, 6.45) is 1.66. The molecule has 0 aliphatic heterocycles. The average Bonchev–Trinajstić information content (AvgIpc) is 2.54. The van der Waals surface area contributed by atoms with E-state index in [4.69, 9.17) is 4.74 Å². The number of carboxylic acid groups (broad SMARTS) is 1. The Hall–Kier alpha value is -2.63. The minimum atomic E-state index is -1.24. The summed E-state index contributed by atoms with van der Waals surface area (Å²) in [4.78, 5) is 23.4. The van der Waals surface area contributed by atoms with E-state index in [1.165, 1.54) is 10.7 Å². The van der Waals surface area contributed by atoms with Gasteiger partial charge in [-0.25, -0.2) is 9.48 Å². The molecule has 6 heteroatoms. The highest BCUT2D eigenvalue weighted by atomic mass is 16.5. The number of aromatic nitrogens is 2. The Labute approximate surface area is 134 Å². The molecule has 0 radical (unpaired) electrons. The maximum atomic E-state index is 12.1. The number of carboxylic acids is 1. The van der Waals surface area contributed by atoms with Gasteiger partial charge in [-0.2, -0.15) is 5.10 Å². The first kappa shape index (κ1) is 16.7. The van der Waals surface area contributed by atoms with Crippen LogP contribution >= 0.6 is 0 Å². The van der Waals surface area contributed by atoms with Crippen LogP contribution in [0.5, 0.6) is 5.75 Å². The van der Waals surface area contributed by atoms with Crippen molar-refractivity contribution in [2.75, 3.05) is 6.61 Å². The van der Waals surface area contributed by atoms with E-state index < -0.39 is 11.5 Å². The van der Waals surface area contributed by atoms with E-state index in [1.54, 1.807) is 24.3 Å². The fraction of sp³-hybridized carbons (Fsp3) is 0.353. The monoisotopic (exact) mass is 316 g/mol. The Morgan fingerprint density at radius 1 is 1.26 bits per heavy atom. The average molecular weight is 316 g/mol. The Balaban J connectivity index is 2.46. The third-order valence-corrected chi connectivity index (χ3v) is 3.39. The van der Waals surface area contributed by atoms with E-state index in [-0.39, 0.29) is 5.56 Å². The predicted molar refractivity (Wildman–Crippen MR) is 87.0 cm³/mol. The summed E-state index contributed by atoms with van der Waals surface area (Å²) < 4.78 is 6.62. The molecule has 0 spiro atoms. The topological polar surface area (TPSA) is 81.4 Å². The SMILES string of the molecule is CCCCn1nc(-c2ccc(OCC)cc2)cc(C(=O)O)c1=O. The van der Waals surface area contributed by atoms with E-state index in [0.717, 1.165) is 24.2 Å². The van der Waals surface area contributed by atoms with Gasteiger partial charge in [0, 0.05) is 12.1 Å². The van der Waals surface area contributed by atoms with Gasteiger partial charge in [-0.3, -0.25) is 4.79 Å². The lowest BCUT2D eigenvalue weighted by molar-refractivity contribution is 0.0693. The number of ether oxygens (including phenoxy) is 1. The van der Waals surface area contributed by atoms with Crippen molar-refractivity contribution in [1.82, 2.24) is 9.78 Å². The first-order valence-corrected chi connectivity index (χ1v) is 7.65. The van der Waals surface area contributed by atoms with Gasteiger partial charge in [0.15, 0.2) is 0 Å². The van der Waals surface area contributed by atoms with Crippen molar-refractivity contribution in [2.24, 2.45) is 0 Å². The summed E-state index contributed by atoms with van der Waals surface area (Å²) in [6.45, 7) is 4.88. The van der Waals surface area contributed by atoms with Crippen LogP contribution < -0.4 is 10.3 Å². The van der Waals surface area contributed by atoms with Crippen molar-refractivity contribution in [3.8, 4) is 17.0 Å². The molecule has 1 aromatic heterocycles. The van der Waals surface area contributed by atoms with Gasteiger partial charge in [0.25, 0.3) is 5.56 Å². The van der Waals surface area contributed by atoms with Gasteiger partial charge in [-0.05, 0) is 43.7 Å². The van der Waals surface area contributed by atoms with Crippen LogP contribution in [0.25, 0.3) is 11.3 Å². The van der Waals surface area contributed by atoms with Gasteiger partial charge < -0.3 is 9.84 Å². The number of hydrogen-bond acceptors (Lipinski definition) is 4. The van der Waals surface area contributed by atoms with Crippen LogP contribution in [0.2, 0.25) is 0 Å². The summed E-state index contributed by atoms with van der Waals surface area (Å²) in [7, 11) is 0. The molecule has 0 aliphatic carbocycles. The van der Waals surface area contributed by atoms with Crippen LogP contribution in [-0.4, -0.2) is 27.5 Å². The van der Waals surface area contributed by atoms with E-state index in [9.17, 15) is 14.7 Å². The zero-order chi connectivity index (χ0) is 16.8. The van der Waals surface area contributed by atoms with Crippen LogP contribution in [0.3, 0.4) is 0 Å². The summed E-state index contributed by atoms with van der Waals surface area (Å²) in [5.41, 5.74) is 0.364. The van der Waals surface area contributed by atoms with Gasteiger partial charge >= 0.3 is 5.97 Å². The Kier molecular flexibility index (Phi) is 5.51. The first-order valence-electron chi connectivity index (χ1n) is 7.65. The zero-order valence-corrected chi connectivity index (χ0v) is 13.3. The quantitative estimate of drug-likeness (QED) is 0.849. The second-order valence-corrected chi connectivity index (χ2v) is 5.09. The molecule has 122 valence electrons. The molecule has 0 atom stereocenters. The molecule has 1 heterocycles. The fourth-order valence-corrected chi connectivity index (χ4v) is 2.18. The molecule has 2 aromatic rings. The second-order valence-electron chi connectivity index (χ2n) is 5.09. The van der Waals surface area contributed by atoms with Gasteiger partial charge in [0.05, 0.1) is 12.3 Å². The van der Waals surface area contributed by atoms with Gasteiger partial charge in [0.1, 0.15) is 11.3 Å². The van der Waals surface area contributed by atoms with Crippen molar-refractivity contribution >= 4 is 5.97 Å². The number of rotatable bonds is 7. The van der Waals surface area contributed by atoms with Crippen LogP contribution in [0.1, 0.15) is 37.0 Å². The Morgan fingerprint density at radius 3 is 2.52 bits per heavy atom. The van der Waals surface area contributed by atoms with E-state index >= 15 is 0 Å². The van der Waals surface area contributed by atoms with E-state index in [2.05, 4.69) is 5.10 Å². The molecule has 0 amide bonds. The van der Waals surface area contributed by atoms with Crippen LogP contribution in [0.15, 0.2) is 35.1 Å². The molecule has 0 aliphatic rings. The van der Waals surface area contributed by atoms with Gasteiger partial charge in [0.2, 0.25) is 0 Å². The lowest BCUT2D eigenvalue weighted by Gasteiger charge is -2.09. The third-order valence-electron chi connectivity index (χ3n) is 3.39. The number of carbonyl (C=O) groups is 1. The number of aromatic carboxylic acids is 1. The van der Waals surface area contributed by atoms with Crippen LogP contribution in [0, 0.1) is 0 Å². The summed E-state index contributed by atoms with van der Waals surface area (Å²) in [5, 5.41) is 13.5. The standard InChI is InChI=1S/C17H20N2O4/c1-3-5-10-19-16(20)14(17(21)22)11-15(18-19)12-6-8-13(9-7-12)23-4-2/h6-9,11H,3-5,10H2,1-2H3,(H,21,22). The normalized spacial score (nSPS) is 10.5. The van der Waals surface area contributed by atoms with Crippen LogP contribution in [0.4, 0.5) is 0 Å². The molecule has 0 saturated heterocycles. The summed E-state index contributed by atoms with van der Waals surface area (Å²) >= 11 is 0. The summed E-state index contributed by atoms with van der Waals surface area (Å²) in [6, 6.07) is 8.51. The number of nitrogens with zero attached hydrogens (tertiary/aromatic N) is 2. The maximum Gasteiger partial charge on any atom is 0.341 e. The fourth-order valence-electron chi connectivity index (χ4n) is 2.18. The number of benzene rings is 1. The number of aryl methyl sites for hydroxylation is 1. The lowest BCUT2D eigenvalue weighted by Crippen LogP contribution is -2.29. The minimum absolute atomic E-state index is 0.264. The summed E-state index contributed by atoms with van der Waals surface area (Å²) in [5.74, 6) is -0.510. The molecule has 6 nitrogen and oxygen atoms in total. The van der Waals surface area contributed by atoms with E-state index in [0.29, 0.717) is 18.8 Å². The lowest BCUT2D eigenvalue weighted by atomic mass is 10.1. The molecular weight excluding hydrogens is 296 g/mol. The zero-order valence-electron chi connectivity index (χ0n) is 13.3. The third kappa shape index (κ3) is 3.97. The first-order chi connectivity index (χ1) is 11.1. The van der Waals surface area contributed by atoms with Crippen LogP contribution in [-0.2, 0) is 6.54 Å². The number of hydrogen-bond donors (Lipinski definition) is 1. The van der Waals surface area contributed by atoms with Crippen molar-refractivity contribution in [3.05, 3.63) is 46.2 Å². The van der Waals surface area contributed by atoms with Crippen molar-refractivity contribution in [3.63, 3.8) is 0 Å². The van der Waals surface area contributed by atoms with Crippen molar-refractivity contribution < 1.29 is 14.6 Å². The molecule has 0 bridgehead atoms. The van der Waals surface area contributed by atoms with Gasteiger partial charge in [-0.1, -0.05) is 13.3 Å². The second kappa shape index (κ2) is 7.58. The molecule has 23 heavy (non-hydrogen) atoms. The Morgan fingerprint density at radius 2 is 1.96 bits per heavy atom. The largest absolute Gasteiger partial charge is 0.494 e. The number of unbranched alkanes of at least 4 members (excludes halogenated alkanes) is 1. The predicted octanol–water partition coefficient (Wildman–Crippen LogP) is 2.81. The highest BCUT2D eigenvalue weighted by Crippen LogP contribution is 2.20. The smallest absolute Gasteiger partial charge is 0.341 e.